The van der Waals surface area contributed by atoms with Gasteiger partial charge in [0, 0.05) is 0 Å². The van der Waals surface area contributed by atoms with Crippen LogP contribution in [0.2, 0.25) is 0 Å². The molecule has 0 aliphatic heterocycles. The molecule has 0 radical (unpaired) electrons. The van der Waals surface area contributed by atoms with Crippen LogP contribution < -0.4 is 5.09 Å². The third-order valence-electron chi connectivity index (χ3n) is 1.17. The largest absolute Gasteiger partial charge is 0.480 e. The van der Waals surface area contributed by atoms with Crippen molar-refractivity contribution in [1.29, 1.82) is 0 Å². The van der Waals surface area contributed by atoms with E-state index in [9.17, 15) is 4.79 Å². The quantitative estimate of drug-likeness (QED) is 0.712. The highest BCUT2D eigenvalue weighted by molar-refractivity contribution is 8.02. The van der Waals surface area contributed by atoms with Crippen LogP contribution in [0.15, 0.2) is 0 Å². The predicted octanol–water partition coefficient (Wildman–Crippen LogP) is 2.39. The molecule has 11 heavy (non-hydrogen) atoms. The fourth-order valence-electron chi connectivity index (χ4n) is 0.595. The van der Waals surface area contributed by atoms with Crippen LogP contribution in [0.3, 0.4) is 0 Å². The van der Waals surface area contributed by atoms with Gasteiger partial charge in [0.25, 0.3) is 0 Å². The maximum Gasteiger partial charge on any atom is 0.321 e. The molecule has 0 saturated carbocycles. The summed E-state index contributed by atoms with van der Waals surface area (Å²) in [5.74, 6) is -0.941. The Kier molecular flexibility index (Phi) is 5.36. The Morgan fingerprint density at radius 2 is 2.00 bits per heavy atom. The molecule has 0 saturated heterocycles. The lowest BCUT2D eigenvalue weighted by atomic mass is 10.1. The van der Waals surface area contributed by atoms with Gasteiger partial charge in [0.05, 0.1) is 0 Å². The zero-order valence-electron chi connectivity index (χ0n) is 6.21. The maximum absolute atomic E-state index is 10.5. The van der Waals surface area contributed by atoms with Crippen molar-refractivity contribution in [2.75, 3.05) is 0 Å². The van der Waals surface area contributed by atoms with Crippen LogP contribution in [0.4, 0.5) is 0 Å². The van der Waals surface area contributed by atoms with Gasteiger partial charge in [0.1, 0.15) is 6.04 Å². The van der Waals surface area contributed by atoms with Crippen LogP contribution >= 0.6 is 29.3 Å². The molecule has 3 nitrogen and oxygen atoms in total. The molecule has 0 aromatic heterocycles. The SMILES string of the molecule is CC(C)[C@H](NP(Cl)Cl)C(=O)O. The molecule has 0 fully saturated rings. The molecule has 0 amide bonds. The van der Waals surface area contributed by atoms with Gasteiger partial charge in [-0.25, -0.2) is 0 Å². The number of rotatable bonds is 4. The normalized spacial score (nSPS) is 14.0. The van der Waals surface area contributed by atoms with Gasteiger partial charge in [-0.15, -0.1) is 0 Å². The van der Waals surface area contributed by atoms with Crippen LogP contribution in [0.25, 0.3) is 0 Å². The van der Waals surface area contributed by atoms with Crippen molar-refractivity contribution >= 4 is 35.2 Å². The minimum absolute atomic E-state index is 0.0185. The topological polar surface area (TPSA) is 49.3 Å². The number of nitrogens with one attached hydrogen (secondary N) is 1. The molecule has 0 bridgehead atoms. The van der Waals surface area contributed by atoms with E-state index in [-0.39, 0.29) is 5.92 Å². The monoisotopic (exact) mass is 217 g/mol. The molecule has 0 aromatic rings. The molecule has 0 spiro atoms. The first-order valence-corrected chi connectivity index (χ1v) is 6.21. The first-order valence-electron chi connectivity index (χ1n) is 3.05. The van der Waals surface area contributed by atoms with Gasteiger partial charge in [0.2, 0.25) is 0 Å². The number of carboxylic acid groups (broad SMARTS) is 1. The summed E-state index contributed by atoms with van der Waals surface area (Å²) in [5, 5.41) is 11.2. The minimum Gasteiger partial charge on any atom is -0.480 e. The molecule has 66 valence electrons. The van der Waals surface area contributed by atoms with E-state index >= 15 is 0 Å². The van der Waals surface area contributed by atoms with Gasteiger partial charge in [-0.1, -0.05) is 36.3 Å². The second kappa shape index (κ2) is 5.15. The first kappa shape index (κ1) is 11.4. The lowest BCUT2D eigenvalue weighted by molar-refractivity contribution is -0.139. The van der Waals surface area contributed by atoms with Crippen molar-refractivity contribution in [3.8, 4) is 0 Å². The summed E-state index contributed by atoms with van der Waals surface area (Å²) in [6.45, 7) is 2.19. The van der Waals surface area contributed by atoms with E-state index in [0.717, 1.165) is 0 Å². The number of carbonyl (C=O) groups is 1. The third-order valence-corrected chi connectivity index (χ3v) is 2.23. The van der Waals surface area contributed by atoms with Crippen LogP contribution in [0.1, 0.15) is 13.8 Å². The van der Waals surface area contributed by atoms with Crippen molar-refractivity contribution in [3.63, 3.8) is 0 Å². The maximum atomic E-state index is 10.5. The summed E-state index contributed by atoms with van der Waals surface area (Å²) in [4.78, 5) is 10.5. The first-order chi connectivity index (χ1) is 4.95. The molecule has 0 rings (SSSR count). The second-order valence-electron chi connectivity index (χ2n) is 2.42. The van der Waals surface area contributed by atoms with Crippen molar-refractivity contribution in [2.24, 2.45) is 5.92 Å². The molecule has 0 aliphatic carbocycles. The van der Waals surface area contributed by atoms with E-state index < -0.39 is 18.8 Å². The summed E-state index contributed by atoms with van der Waals surface area (Å²) in [5.41, 5.74) is 0. The second-order valence-corrected chi connectivity index (χ2v) is 5.69. The van der Waals surface area contributed by atoms with Gasteiger partial charge in [-0.2, -0.15) is 0 Å². The summed E-state index contributed by atoms with van der Waals surface area (Å²) in [6.07, 6.45) is 0. The summed E-state index contributed by atoms with van der Waals surface area (Å²) in [7, 11) is 0. The van der Waals surface area contributed by atoms with Crippen molar-refractivity contribution in [1.82, 2.24) is 5.09 Å². The average molecular weight is 218 g/mol. The van der Waals surface area contributed by atoms with E-state index in [0.29, 0.717) is 0 Å². The van der Waals surface area contributed by atoms with Gasteiger partial charge < -0.3 is 5.11 Å². The molecular weight excluding hydrogens is 208 g/mol. The smallest absolute Gasteiger partial charge is 0.321 e. The van der Waals surface area contributed by atoms with Crippen molar-refractivity contribution in [2.45, 2.75) is 19.9 Å². The highest BCUT2D eigenvalue weighted by Gasteiger charge is 2.22. The molecule has 0 aromatic carbocycles. The molecular formula is C5H10Cl2NO2P. The van der Waals surface area contributed by atoms with Crippen LogP contribution in [-0.4, -0.2) is 17.1 Å². The highest BCUT2D eigenvalue weighted by atomic mass is 35.9. The van der Waals surface area contributed by atoms with Gasteiger partial charge in [-0.3, -0.25) is 9.88 Å². The number of halogens is 2. The van der Waals surface area contributed by atoms with Crippen molar-refractivity contribution < 1.29 is 9.90 Å². The van der Waals surface area contributed by atoms with E-state index in [4.69, 9.17) is 27.6 Å². The average Bonchev–Trinajstić information content (AvgIpc) is 1.81. The van der Waals surface area contributed by atoms with E-state index in [1.807, 2.05) is 0 Å². The summed E-state index contributed by atoms with van der Waals surface area (Å²) < 4.78 is 0. The molecule has 2 N–H and O–H groups in total. The summed E-state index contributed by atoms with van der Waals surface area (Å²) in [6, 6.07) is -0.656. The van der Waals surface area contributed by atoms with Crippen LogP contribution in [0.5, 0.6) is 0 Å². The zero-order chi connectivity index (χ0) is 9.02. The lowest BCUT2D eigenvalue weighted by Gasteiger charge is -2.17. The molecule has 0 heterocycles. The Morgan fingerprint density at radius 1 is 1.55 bits per heavy atom. The Bertz CT molecular complexity index is 142. The van der Waals surface area contributed by atoms with Gasteiger partial charge in [0.15, 0.2) is 6.78 Å². The van der Waals surface area contributed by atoms with Gasteiger partial charge in [-0.05, 0) is 5.92 Å². The minimum atomic E-state index is -1.39. The Morgan fingerprint density at radius 3 is 2.09 bits per heavy atom. The standard InChI is InChI=1S/C5H10Cl2NO2P/c1-3(2)4(5(9)10)8-11(6)7/h3-4,8H,1-2H3,(H,9,10)/t4-/m0/s1. The third kappa shape index (κ3) is 4.81. The van der Waals surface area contributed by atoms with E-state index in [1.165, 1.54) is 0 Å². The van der Waals surface area contributed by atoms with Crippen molar-refractivity contribution in [3.05, 3.63) is 0 Å². The summed E-state index contributed by atoms with van der Waals surface area (Å²) >= 11 is 10.8. The Balaban J connectivity index is 4.01. The molecule has 0 unspecified atom stereocenters. The number of hydrogen-bond donors (Lipinski definition) is 2. The molecule has 6 heteroatoms. The fourth-order valence-corrected chi connectivity index (χ4v) is 1.84. The fraction of sp³-hybridized carbons (Fsp3) is 0.800. The van der Waals surface area contributed by atoms with Crippen LogP contribution in [-0.2, 0) is 4.79 Å². The predicted molar refractivity (Wildman–Crippen MR) is 48.0 cm³/mol. The van der Waals surface area contributed by atoms with Gasteiger partial charge >= 0.3 is 5.97 Å². The molecule has 0 aliphatic rings. The number of hydrogen-bond acceptors (Lipinski definition) is 2. The number of aliphatic carboxylic acids is 1. The molecule has 1 atom stereocenters. The lowest BCUT2D eigenvalue weighted by Crippen LogP contribution is -2.36. The van der Waals surface area contributed by atoms with Crippen LogP contribution in [0, 0.1) is 5.92 Å². The van der Waals surface area contributed by atoms with E-state index in [2.05, 4.69) is 5.09 Å². The number of carboxylic acids is 1. The highest BCUT2D eigenvalue weighted by Crippen LogP contribution is 2.42. The van der Waals surface area contributed by atoms with E-state index in [1.54, 1.807) is 13.8 Å². The Labute approximate surface area is 76.5 Å². The Hall–Kier alpha value is 0.440. The zero-order valence-corrected chi connectivity index (χ0v) is 8.62.